The van der Waals surface area contributed by atoms with Crippen molar-refractivity contribution < 1.29 is 9.66 Å². The Kier molecular flexibility index (Phi) is 4.55. The molecule has 114 valence electrons. The van der Waals surface area contributed by atoms with Crippen LogP contribution in [0.2, 0.25) is 0 Å². The molecule has 2 aromatic rings. The molecule has 6 nitrogen and oxygen atoms in total. The SMILES string of the molecule is O=[N+]([O-])c1ccc(N2CCOCC2)cc1Sc1ccccn1. The van der Waals surface area contributed by atoms with E-state index >= 15 is 0 Å². The maximum atomic E-state index is 11.2. The Hall–Kier alpha value is -2.12. The zero-order valence-corrected chi connectivity index (χ0v) is 12.7. The molecule has 0 atom stereocenters. The molecule has 1 saturated heterocycles. The lowest BCUT2D eigenvalue weighted by Crippen LogP contribution is -2.36. The number of pyridine rings is 1. The first-order chi connectivity index (χ1) is 10.7. The minimum absolute atomic E-state index is 0.104. The standard InChI is InChI=1S/C15H15N3O3S/c19-18(20)13-5-4-12(17-7-9-21-10-8-17)11-14(13)22-15-3-1-2-6-16-15/h1-6,11H,7-10H2. The molecule has 1 aliphatic heterocycles. The van der Waals surface area contributed by atoms with Crippen LogP contribution in [0.25, 0.3) is 0 Å². The Morgan fingerprint density at radius 3 is 2.73 bits per heavy atom. The van der Waals surface area contributed by atoms with E-state index in [1.165, 1.54) is 11.8 Å². The maximum Gasteiger partial charge on any atom is 0.283 e. The molecule has 0 N–H and O–H groups in total. The maximum absolute atomic E-state index is 11.2. The van der Waals surface area contributed by atoms with Crippen LogP contribution in [0.3, 0.4) is 0 Å². The van der Waals surface area contributed by atoms with Crippen molar-refractivity contribution in [2.75, 3.05) is 31.2 Å². The van der Waals surface area contributed by atoms with Crippen molar-refractivity contribution in [2.24, 2.45) is 0 Å². The zero-order chi connectivity index (χ0) is 15.4. The Bertz CT molecular complexity index is 660. The fourth-order valence-electron chi connectivity index (χ4n) is 2.27. The Labute approximate surface area is 132 Å². The van der Waals surface area contributed by atoms with Gasteiger partial charge in [0, 0.05) is 31.0 Å². The summed E-state index contributed by atoms with van der Waals surface area (Å²) in [5.74, 6) is 0. The van der Waals surface area contributed by atoms with Crippen LogP contribution in [0.1, 0.15) is 0 Å². The summed E-state index contributed by atoms with van der Waals surface area (Å²) in [5.41, 5.74) is 1.08. The number of nitro benzene ring substituents is 1. The van der Waals surface area contributed by atoms with Gasteiger partial charge in [-0.2, -0.15) is 0 Å². The predicted molar refractivity (Wildman–Crippen MR) is 84.5 cm³/mol. The number of hydrogen-bond acceptors (Lipinski definition) is 6. The van der Waals surface area contributed by atoms with E-state index in [2.05, 4.69) is 9.88 Å². The van der Waals surface area contributed by atoms with Crippen LogP contribution >= 0.6 is 11.8 Å². The Balaban J connectivity index is 1.92. The molecule has 2 heterocycles. The molecule has 0 aliphatic carbocycles. The number of anilines is 1. The molecular weight excluding hydrogens is 302 g/mol. The summed E-state index contributed by atoms with van der Waals surface area (Å²) in [6.07, 6.45) is 1.68. The van der Waals surface area contributed by atoms with Gasteiger partial charge in [-0.3, -0.25) is 10.1 Å². The molecule has 1 aromatic carbocycles. The second-order valence-electron chi connectivity index (χ2n) is 4.78. The summed E-state index contributed by atoms with van der Waals surface area (Å²) in [4.78, 5) is 17.9. The molecule has 0 radical (unpaired) electrons. The van der Waals surface area contributed by atoms with E-state index in [4.69, 9.17) is 4.74 Å². The number of aromatic nitrogens is 1. The van der Waals surface area contributed by atoms with Gasteiger partial charge >= 0.3 is 0 Å². The van der Waals surface area contributed by atoms with E-state index in [0.717, 1.165) is 23.8 Å². The largest absolute Gasteiger partial charge is 0.378 e. The molecule has 1 fully saturated rings. The van der Waals surface area contributed by atoms with Gasteiger partial charge in [0.25, 0.3) is 5.69 Å². The van der Waals surface area contributed by atoms with Crippen molar-refractivity contribution in [3.63, 3.8) is 0 Å². The number of rotatable bonds is 4. The van der Waals surface area contributed by atoms with Crippen LogP contribution in [0.5, 0.6) is 0 Å². The third-order valence-corrected chi connectivity index (χ3v) is 4.37. The van der Waals surface area contributed by atoms with E-state index in [1.807, 2.05) is 24.3 Å². The first-order valence-corrected chi connectivity index (χ1v) is 7.76. The van der Waals surface area contributed by atoms with Crippen LogP contribution in [0, 0.1) is 10.1 Å². The molecule has 3 rings (SSSR count). The normalized spacial score (nSPS) is 14.8. The molecule has 0 amide bonds. The van der Waals surface area contributed by atoms with Gasteiger partial charge in [0.15, 0.2) is 0 Å². The first kappa shape index (κ1) is 14.8. The number of benzene rings is 1. The molecule has 1 aliphatic rings. The minimum Gasteiger partial charge on any atom is -0.378 e. The fraction of sp³-hybridized carbons (Fsp3) is 0.267. The zero-order valence-electron chi connectivity index (χ0n) is 11.8. The van der Waals surface area contributed by atoms with Gasteiger partial charge in [-0.1, -0.05) is 17.8 Å². The highest BCUT2D eigenvalue weighted by molar-refractivity contribution is 7.99. The molecule has 0 bridgehead atoms. The van der Waals surface area contributed by atoms with E-state index in [9.17, 15) is 10.1 Å². The highest BCUT2D eigenvalue weighted by Gasteiger charge is 2.19. The van der Waals surface area contributed by atoms with Crippen molar-refractivity contribution in [2.45, 2.75) is 9.92 Å². The van der Waals surface area contributed by atoms with Gasteiger partial charge in [-0.15, -0.1) is 0 Å². The monoisotopic (exact) mass is 317 g/mol. The molecule has 0 spiro atoms. The summed E-state index contributed by atoms with van der Waals surface area (Å²) >= 11 is 1.31. The molecule has 0 saturated carbocycles. The second kappa shape index (κ2) is 6.76. The van der Waals surface area contributed by atoms with Crippen LogP contribution in [-0.2, 0) is 4.74 Å². The summed E-state index contributed by atoms with van der Waals surface area (Å²) in [6, 6.07) is 10.8. The molecule has 7 heteroatoms. The lowest BCUT2D eigenvalue weighted by molar-refractivity contribution is -0.387. The van der Waals surface area contributed by atoms with Crippen molar-refractivity contribution in [1.82, 2.24) is 4.98 Å². The van der Waals surface area contributed by atoms with Crippen LogP contribution in [-0.4, -0.2) is 36.2 Å². The summed E-state index contributed by atoms with van der Waals surface area (Å²) in [6.45, 7) is 2.95. The quantitative estimate of drug-likeness (QED) is 0.638. The lowest BCUT2D eigenvalue weighted by Gasteiger charge is -2.29. The Morgan fingerprint density at radius 1 is 1.23 bits per heavy atom. The lowest BCUT2D eigenvalue weighted by atomic mass is 10.2. The number of morpholine rings is 1. The summed E-state index contributed by atoms with van der Waals surface area (Å²) in [7, 11) is 0. The van der Waals surface area contributed by atoms with Crippen LogP contribution < -0.4 is 4.90 Å². The highest BCUT2D eigenvalue weighted by Crippen LogP contribution is 2.36. The van der Waals surface area contributed by atoms with Gasteiger partial charge in [0.2, 0.25) is 0 Å². The fourth-order valence-corrected chi connectivity index (χ4v) is 3.19. The molecular formula is C15H15N3O3S. The first-order valence-electron chi connectivity index (χ1n) is 6.94. The third-order valence-electron chi connectivity index (χ3n) is 3.37. The van der Waals surface area contributed by atoms with Crippen LogP contribution in [0.15, 0.2) is 52.5 Å². The average molecular weight is 317 g/mol. The van der Waals surface area contributed by atoms with Crippen molar-refractivity contribution in [1.29, 1.82) is 0 Å². The van der Waals surface area contributed by atoms with Crippen molar-refractivity contribution in [3.05, 3.63) is 52.7 Å². The van der Waals surface area contributed by atoms with Crippen molar-refractivity contribution in [3.8, 4) is 0 Å². The second-order valence-corrected chi connectivity index (χ2v) is 5.84. The summed E-state index contributed by atoms with van der Waals surface area (Å²) < 4.78 is 5.34. The highest BCUT2D eigenvalue weighted by atomic mass is 32.2. The van der Waals surface area contributed by atoms with E-state index in [-0.39, 0.29) is 10.6 Å². The van der Waals surface area contributed by atoms with Gasteiger partial charge < -0.3 is 9.64 Å². The third kappa shape index (κ3) is 3.37. The topological polar surface area (TPSA) is 68.5 Å². The van der Waals surface area contributed by atoms with E-state index < -0.39 is 0 Å². The van der Waals surface area contributed by atoms with Gasteiger partial charge in [-0.25, -0.2) is 4.98 Å². The number of ether oxygens (including phenoxy) is 1. The Morgan fingerprint density at radius 2 is 2.05 bits per heavy atom. The van der Waals surface area contributed by atoms with Gasteiger partial charge in [-0.05, 0) is 24.3 Å². The number of nitrogens with zero attached hydrogens (tertiary/aromatic N) is 3. The van der Waals surface area contributed by atoms with Gasteiger partial charge in [0.1, 0.15) is 5.03 Å². The molecule has 0 unspecified atom stereocenters. The van der Waals surface area contributed by atoms with Crippen LogP contribution in [0.4, 0.5) is 11.4 Å². The smallest absolute Gasteiger partial charge is 0.283 e. The predicted octanol–water partition coefficient (Wildman–Crippen LogP) is 2.98. The summed E-state index contributed by atoms with van der Waals surface area (Å²) in [5, 5.41) is 12.0. The molecule has 22 heavy (non-hydrogen) atoms. The average Bonchev–Trinajstić information content (AvgIpc) is 2.56. The van der Waals surface area contributed by atoms with Crippen molar-refractivity contribution >= 4 is 23.1 Å². The van der Waals surface area contributed by atoms with E-state index in [0.29, 0.717) is 18.1 Å². The minimum atomic E-state index is -0.353. The van der Waals surface area contributed by atoms with Gasteiger partial charge in [0.05, 0.1) is 23.0 Å². The van der Waals surface area contributed by atoms with E-state index in [1.54, 1.807) is 18.3 Å². The number of hydrogen-bond donors (Lipinski definition) is 0. The number of nitro groups is 1. The molecule has 1 aromatic heterocycles.